The Kier molecular flexibility index (Phi) is 4.63. The summed E-state index contributed by atoms with van der Waals surface area (Å²) in [6.45, 7) is 1.78. The first-order chi connectivity index (χ1) is 14.0. The van der Waals surface area contributed by atoms with Crippen molar-refractivity contribution in [3.8, 4) is 22.9 Å². The van der Waals surface area contributed by atoms with Gasteiger partial charge in [-0.25, -0.2) is 4.68 Å². The molecular weight excluding hydrogens is 372 g/mol. The fourth-order valence-electron chi connectivity index (χ4n) is 3.34. The fourth-order valence-corrected chi connectivity index (χ4v) is 3.34. The zero-order valence-corrected chi connectivity index (χ0v) is 16.2. The number of anilines is 1. The lowest BCUT2D eigenvalue weighted by Gasteiger charge is -2.26. The molecule has 0 spiro atoms. The molecule has 1 amide bonds. The molecule has 1 aliphatic heterocycles. The molecule has 2 aromatic heterocycles. The van der Waals surface area contributed by atoms with E-state index >= 15 is 0 Å². The van der Waals surface area contributed by atoms with Gasteiger partial charge < -0.3 is 20.5 Å². The van der Waals surface area contributed by atoms with Crippen molar-refractivity contribution in [3.05, 3.63) is 59.6 Å². The fraction of sp³-hybridized carbons (Fsp3) is 0.200. The van der Waals surface area contributed by atoms with Gasteiger partial charge in [0.05, 0.1) is 25.5 Å². The van der Waals surface area contributed by atoms with Gasteiger partial charge in [0, 0.05) is 23.5 Å². The first-order valence-corrected chi connectivity index (χ1v) is 8.90. The van der Waals surface area contributed by atoms with Crippen LogP contribution in [0.2, 0.25) is 0 Å². The molecule has 3 aromatic rings. The van der Waals surface area contributed by atoms with Crippen molar-refractivity contribution in [2.24, 2.45) is 5.73 Å². The van der Waals surface area contributed by atoms with Crippen LogP contribution in [0.3, 0.4) is 0 Å². The van der Waals surface area contributed by atoms with E-state index in [4.69, 9.17) is 15.2 Å². The van der Waals surface area contributed by atoms with Gasteiger partial charge in [-0.15, -0.1) is 5.10 Å². The van der Waals surface area contributed by atoms with Crippen LogP contribution in [0.1, 0.15) is 18.7 Å². The molecule has 1 aromatic carbocycles. The average Bonchev–Trinajstić information content (AvgIpc) is 3.16. The van der Waals surface area contributed by atoms with E-state index in [0.717, 1.165) is 0 Å². The molecule has 29 heavy (non-hydrogen) atoms. The molecule has 0 fully saturated rings. The Labute approximate surface area is 167 Å². The van der Waals surface area contributed by atoms with E-state index in [-0.39, 0.29) is 0 Å². The van der Waals surface area contributed by atoms with Crippen molar-refractivity contribution < 1.29 is 14.3 Å². The van der Waals surface area contributed by atoms with E-state index < -0.39 is 11.9 Å². The van der Waals surface area contributed by atoms with Crippen LogP contribution in [-0.2, 0) is 4.79 Å². The molecule has 1 aliphatic rings. The second-order valence-electron chi connectivity index (χ2n) is 6.49. The Hall–Kier alpha value is -3.88. The molecule has 3 N–H and O–H groups in total. The molecule has 0 aliphatic carbocycles. The lowest BCUT2D eigenvalue weighted by atomic mass is 9.99. The number of aromatic nitrogens is 4. The lowest BCUT2D eigenvalue weighted by molar-refractivity contribution is -0.115. The van der Waals surface area contributed by atoms with Crippen molar-refractivity contribution in [3.63, 3.8) is 0 Å². The van der Waals surface area contributed by atoms with E-state index in [9.17, 15) is 4.79 Å². The van der Waals surface area contributed by atoms with Crippen LogP contribution in [-0.4, -0.2) is 39.9 Å². The molecule has 1 atom stereocenters. The second-order valence-corrected chi connectivity index (χ2v) is 6.49. The predicted molar refractivity (Wildman–Crippen MR) is 106 cm³/mol. The summed E-state index contributed by atoms with van der Waals surface area (Å²) in [5.74, 6) is 1.63. The van der Waals surface area contributed by atoms with E-state index in [1.54, 1.807) is 44.2 Å². The second kappa shape index (κ2) is 7.27. The first kappa shape index (κ1) is 18.5. The van der Waals surface area contributed by atoms with Crippen molar-refractivity contribution in [2.75, 3.05) is 19.5 Å². The number of hydrogen-bond acceptors (Lipinski definition) is 7. The number of primary amides is 1. The maximum Gasteiger partial charge on any atom is 0.248 e. The van der Waals surface area contributed by atoms with E-state index in [0.29, 0.717) is 45.8 Å². The van der Waals surface area contributed by atoms with Crippen LogP contribution in [0.25, 0.3) is 11.4 Å². The average molecular weight is 392 g/mol. The van der Waals surface area contributed by atoms with Crippen LogP contribution >= 0.6 is 0 Å². The number of amides is 1. The molecule has 9 nitrogen and oxygen atoms in total. The summed E-state index contributed by atoms with van der Waals surface area (Å²) in [6.07, 6.45) is 1.66. The van der Waals surface area contributed by atoms with Gasteiger partial charge in [0.15, 0.2) is 5.82 Å². The maximum atomic E-state index is 12.2. The summed E-state index contributed by atoms with van der Waals surface area (Å²) in [6, 6.07) is 10.3. The van der Waals surface area contributed by atoms with Crippen molar-refractivity contribution in [1.29, 1.82) is 0 Å². The highest BCUT2D eigenvalue weighted by atomic mass is 16.5. The number of pyridine rings is 1. The molecule has 0 saturated heterocycles. The Morgan fingerprint density at radius 1 is 1.17 bits per heavy atom. The highest BCUT2D eigenvalue weighted by molar-refractivity contribution is 5.95. The molecular formula is C20H20N6O3. The molecule has 148 valence electrons. The number of nitrogens with two attached hydrogens (primary N) is 1. The van der Waals surface area contributed by atoms with Crippen LogP contribution < -0.4 is 20.5 Å². The number of ether oxygens (including phenoxy) is 2. The van der Waals surface area contributed by atoms with Crippen LogP contribution in [0.4, 0.5) is 5.95 Å². The number of rotatable bonds is 5. The Bertz CT molecular complexity index is 1080. The number of carbonyl (C=O) groups excluding carboxylic acids is 1. The molecule has 0 saturated carbocycles. The van der Waals surface area contributed by atoms with Gasteiger partial charge in [0.1, 0.15) is 17.5 Å². The molecule has 0 radical (unpaired) electrons. The first-order valence-electron chi connectivity index (χ1n) is 8.90. The summed E-state index contributed by atoms with van der Waals surface area (Å²) in [7, 11) is 3.16. The van der Waals surface area contributed by atoms with E-state index in [1.165, 1.54) is 0 Å². The van der Waals surface area contributed by atoms with E-state index in [2.05, 4.69) is 20.4 Å². The molecule has 3 heterocycles. The summed E-state index contributed by atoms with van der Waals surface area (Å²) in [5, 5.41) is 7.76. The Morgan fingerprint density at radius 3 is 2.48 bits per heavy atom. The summed E-state index contributed by atoms with van der Waals surface area (Å²) in [5.41, 5.74) is 8.03. The summed E-state index contributed by atoms with van der Waals surface area (Å²) in [4.78, 5) is 21.2. The van der Waals surface area contributed by atoms with Gasteiger partial charge in [-0.2, -0.15) is 4.98 Å². The van der Waals surface area contributed by atoms with Gasteiger partial charge in [0.2, 0.25) is 11.9 Å². The minimum Gasteiger partial charge on any atom is -0.497 e. The number of nitrogens with zero attached hydrogens (tertiary/aromatic N) is 4. The van der Waals surface area contributed by atoms with Gasteiger partial charge in [-0.05, 0) is 31.2 Å². The maximum absolute atomic E-state index is 12.2. The monoisotopic (exact) mass is 392 g/mol. The van der Waals surface area contributed by atoms with Gasteiger partial charge in [0.25, 0.3) is 0 Å². The summed E-state index contributed by atoms with van der Waals surface area (Å²) >= 11 is 0. The highest BCUT2D eigenvalue weighted by Gasteiger charge is 2.34. The number of carbonyl (C=O) groups is 1. The molecule has 1 unspecified atom stereocenters. The van der Waals surface area contributed by atoms with Crippen molar-refractivity contribution in [1.82, 2.24) is 19.7 Å². The Balaban J connectivity index is 1.87. The van der Waals surface area contributed by atoms with Crippen molar-refractivity contribution in [2.45, 2.75) is 13.0 Å². The number of nitrogens with one attached hydrogen (secondary N) is 1. The number of benzene rings is 1. The van der Waals surface area contributed by atoms with Gasteiger partial charge >= 0.3 is 0 Å². The van der Waals surface area contributed by atoms with Crippen molar-refractivity contribution >= 4 is 11.9 Å². The molecule has 9 heteroatoms. The van der Waals surface area contributed by atoms with Crippen LogP contribution in [0.15, 0.2) is 53.9 Å². The predicted octanol–water partition coefficient (Wildman–Crippen LogP) is 2.13. The Morgan fingerprint density at radius 2 is 1.90 bits per heavy atom. The third kappa shape index (κ3) is 3.27. The summed E-state index contributed by atoms with van der Waals surface area (Å²) < 4.78 is 12.3. The topological polar surface area (TPSA) is 117 Å². The zero-order valence-electron chi connectivity index (χ0n) is 16.2. The normalized spacial score (nSPS) is 15.5. The minimum atomic E-state index is -0.585. The molecule has 4 rings (SSSR count). The minimum absolute atomic E-state index is 0.385. The SMILES string of the molecule is COc1cc(OC)cc(-c2nc3n(n2)C(c2ccccn2)C(C(N)=O)=C(C)N3)c1. The molecule has 0 bridgehead atoms. The lowest BCUT2D eigenvalue weighted by Crippen LogP contribution is -2.32. The number of allylic oxidation sites excluding steroid dienone is 1. The highest BCUT2D eigenvalue weighted by Crippen LogP contribution is 2.36. The van der Waals surface area contributed by atoms with Gasteiger partial charge in [-0.1, -0.05) is 6.07 Å². The standard InChI is InChI=1S/C20H20N6O3/c1-11-16(18(21)27)17(15-6-4-5-7-22-15)26-20(23-11)24-19(25-26)12-8-13(28-2)10-14(9-12)29-3/h4-10,17H,1-3H3,(H2,21,27)(H,23,24,25). The van der Waals surface area contributed by atoms with Crippen LogP contribution in [0, 0.1) is 0 Å². The van der Waals surface area contributed by atoms with Crippen LogP contribution in [0.5, 0.6) is 11.5 Å². The van der Waals surface area contributed by atoms with E-state index in [1.807, 2.05) is 24.3 Å². The van der Waals surface area contributed by atoms with Gasteiger partial charge in [-0.3, -0.25) is 9.78 Å². The smallest absolute Gasteiger partial charge is 0.248 e. The largest absolute Gasteiger partial charge is 0.497 e. The quantitative estimate of drug-likeness (QED) is 0.683. The zero-order chi connectivity index (χ0) is 20.5. The third-order valence-electron chi connectivity index (χ3n) is 4.70. The number of fused-ring (bicyclic) bond motifs is 1. The number of hydrogen-bond donors (Lipinski definition) is 2. The third-order valence-corrected chi connectivity index (χ3v) is 4.70. The number of methoxy groups -OCH3 is 2.